The van der Waals surface area contributed by atoms with Crippen molar-refractivity contribution < 1.29 is 18.7 Å². The van der Waals surface area contributed by atoms with Crippen molar-refractivity contribution >= 4 is 28.5 Å². The lowest BCUT2D eigenvalue weighted by atomic mass is 10.0. The first-order valence-electron chi connectivity index (χ1n) is 13.4. The third-order valence-corrected chi connectivity index (χ3v) is 7.14. The number of anilines is 1. The van der Waals surface area contributed by atoms with Crippen molar-refractivity contribution in [3.63, 3.8) is 0 Å². The summed E-state index contributed by atoms with van der Waals surface area (Å²) in [5.41, 5.74) is 3.21. The number of nitrogens with zero attached hydrogens (tertiary/aromatic N) is 5. The van der Waals surface area contributed by atoms with Gasteiger partial charge in [-0.2, -0.15) is 0 Å². The Bertz CT molecular complexity index is 1470. The SMILES string of the molecule is CN(C)c1ccc([C@H](C(=O)NC[C@H]2CCCO2)N(Cc2ccccc2F)C(=O)Cn2nnc3ccccc32)cc1. The summed E-state index contributed by atoms with van der Waals surface area (Å²) in [4.78, 5) is 31.3. The standard InChI is InChI=1S/C30H33FN6O3/c1-35(2)23-15-13-21(14-16-23)29(30(39)32-18-24-9-7-17-40-24)36(19-22-8-3-4-10-25(22)31)28(38)20-37-27-12-6-5-11-26(27)33-34-37/h3-6,8,10-16,24,29H,7,9,17-20H2,1-2H3,(H,32,39)/t24-,29-/m1/s1. The predicted octanol–water partition coefficient (Wildman–Crippen LogP) is 3.70. The molecule has 2 atom stereocenters. The molecule has 0 saturated carbocycles. The van der Waals surface area contributed by atoms with Gasteiger partial charge in [-0.1, -0.05) is 47.7 Å². The zero-order valence-corrected chi connectivity index (χ0v) is 22.7. The summed E-state index contributed by atoms with van der Waals surface area (Å²) in [5, 5.41) is 11.3. The van der Waals surface area contributed by atoms with Gasteiger partial charge in [-0.05, 0) is 48.7 Å². The number of para-hydroxylation sites is 1. The van der Waals surface area contributed by atoms with Gasteiger partial charge in [0.15, 0.2) is 0 Å². The lowest BCUT2D eigenvalue weighted by Crippen LogP contribution is -2.46. The summed E-state index contributed by atoms with van der Waals surface area (Å²) in [6.45, 7) is 0.728. The fourth-order valence-electron chi connectivity index (χ4n) is 4.93. The molecule has 2 amide bonds. The van der Waals surface area contributed by atoms with E-state index in [-0.39, 0.29) is 25.1 Å². The van der Waals surface area contributed by atoms with Gasteiger partial charge in [-0.3, -0.25) is 9.59 Å². The molecule has 1 aliphatic rings. The summed E-state index contributed by atoms with van der Waals surface area (Å²) >= 11 is 0. The molecule has 0 unspecified atom stereocenters. The van der Waals surface area contributed by atoms with Gasteiger partial charge in [0.1, 0.15) is 23.9 Å². The number of hydrogen-bond donors (Lipinski definition) is 1. The monoisotopic (exact) mass is 544 g/mol. The van der Waals surface area contributed by atoms with Gasteiger partial charge in [-0.25, -0.2) is 9.07 Å². The van der Waals surface area contributed by atoms with Crippen molar-refractivity contribution in [1.29, 1.82) is 0 Å². The smallest absolute Gasteiger partial charge is 0.247 e. The van der Waals surface area contributed by atoms with E-state index in [0.717, 1.165) is 18.5 Å². The molecule has 0 spiro atoms. The van der Waals surface area contributed by atoms with E-state index >= 15 is 0 Å². The number of halogens is 1. The fraction of sp³-hybridized carbons (Fsp3) is 0.333. The second-order valence-corrected chi connectivity index (χ2v) is 10.1. The molecule has 208 valence electrons. The van der Waals surface area contributed by atoms with Gasteiger partial charge in [0.05, 0.1) is 11.6 Å². The van der Waals surface area contributed by atoms with Crippen LogP contribution >= 0.6 is 0 Å². The lowest BCUT2D eigenvalue weighted by molar-refractivity contribution is -0.142. The maximum atomic E-state index is 14.9. The van der Waals surface area contributed by atoms with E-state index in [1.165, 1.54) is 15.6 Å². The Morgan fingerprint density at radius 1 is 1.07 bits per heavy atom. The molecule has 1 saturated heterocycles. The number of benzene rings is 3. The number of rotatable bonds is 10. The Kier molecular flexibility index (Phi) is 8.35. The minimum absolute atomic E-state index is 0.0713. The van der Waals surface area contributed by atoms with Crippen LogP contribution in [-0.4, -0.2) is 65.1 Å². The minimum Gasteiger partial charge on any atom is -0.378 e. The molecule has 3 aromatic carbocycles. The molecule has 0 aliphatic carbocycles. The number of nitrogens with one attached hydrogen (secondary N) is 1. The molecular formula is C30H33FN6O3. The van der Waals surface area contributed by atoms with Crippen molar-refractivity contribution in [2.24, 2.45) is 0 Å². The number of aromatic nitrogens is 3. The molecule has 5 rings (SSSR count). The summed E-state index contributed by atoms with van der Waals surface area (Å²) in [6.07, 6.45) is 1.73. The van der Waals surface area contributed by atoms with E-state index in [0.29, 0.717) is 35.3 Å². The Hall–Kier alpha value is -4.31. The zero-order valence-electron chi connectivity index (χ0n) is 22.7. The number of ether oxygens (including phenoxy) is 1. The van der Waals surface area contributed by atoms with Gasteiger partial charge in [0, 0.05) is 45.0 Å². The molecule has 1 aromatic heterocycles. The van der Waals surface area contributed by atoms with E-state index < -0.39 is 17.8 Å². The first-order valence-corrected chi connectivity index (χ1v) is 13.4. The van der Waals surface area contributed by atoms with E-state index in [1.807, 2.05) is 67.5 Å². The molecular weight excluding hydrogens is 511 g/mol. The van der Waals surface area contributed by atoms with Gasteiger partial charge < -0.3 is 19.9 Å². The fourth-order valence-corrected chi connectivity index (χ4v) is 4.93. The van der Waals surface area contributed by atoms with Crippen LogP contribution in [0.15, 0.2) is 72.8 Å². The van der Waals surface area contributed by atoms with Crippen molar-refractivity contribution in [2.45, 2.75) is 38.1 Å². The average Bonchev–Trinajstić information content (AvgIpc) is 3.63. The van der Waals surface area contributed by atoms with Crippen LogP contribution in [0, 0.1) is 5.82 Å². The molecule has 1 aliphatic heterocycles. The van der Waals surface area contributed by atoms with Crippen LogP contribution in [0.1, 0.15) is 30.0 Å². The number of amides is 2. The van der Waals surface area contributed by atoms with Gasteiger partial charge >= 0.3 is 0 Å². The molecule has 40 heavy (non-hydrogen) atoms. The highest BCUT2D eigenvalue weighted by atomic mass is 19.1. The molecule has 1 fully saturated rings. The highest BCUT2D eigenvalue weighted by Gasteiger charge is 2.33. The quantitative estimate of drug-likeness (QED) is 0.327. The van der Waals surface area contributed by atoms with E-state index in [2.05, 4.69) is 15.6 Å². The maximum Gasteiger partial charge on any atom is 0.247 e. The van der Waals surface area contributed by atoms with Gasteiger partial charge in [-0.15, -0.1) is 5.10 Å². The number of carbonyl (C=O) groups excluding carboxylic acids is 2. The molecule has 10 heteroatoms. The molecule has 0 bridgehead atoms. The molecule has 4 aromatic rings. The largest absolute Gasteiger partial charge is 0.378 e. The van der Waals surface area contributed by atoms with Crippen LogP contribution in [0.3, 0.4) is 0 Å². The minimum atomic E-state index is -1.01. The van der Waals surface area contributed by atoms with Crippen LogP contribution in [-0.2, 0) is 27.4 Å². The molecule has 1 N–H and O–H groups in total. The Morgan fingerprint density at radius 2 is 1.82 bits per heavy atom. The summed E-state index contributed by atoms with van der Waals surface area (Å²) in [5.74, 6) is -1.21. The first-order chi connectivity index (χ1) is 19.4. The molecule has 9 nitrogen and oxygen atoms in total. The van der Waals surface area contributed by atoms with E-state index in [4.69, 9.17) is 4.74 Å². The van der Waals surface area contributed by atoms with Crippen molar-refractivity contribution in [1.82, 2.24) is 25.2 Å². The second-order valence-electron chi connectivity index (χ2n) is 10.1. The number of hydrogen-bond acceptors (Lipinski definition) is 6. The molecule has 2 heterocycles. The van der Waals surface area contributed by atoms with Crippen LogP contribution in [0.5, 0.6) is 0 Å². The van der Waals surface area contributed by atoms with Crippen molar-refractivity contribution in [3.8, 4) is 0 Å². The highest BCUT2D eigenvalue weighted by Crippen LogP contribution is 2.27. The number of fused-ring (bicyclic) bond motifs is 1. The maximum absolute atomic E-state index is 14.9. The van der Waals surface area contributed by atoms with Crippen LogP contribution in [0.25, 0.3) is 11.0 Å². The van der Waals surface area contributed by atoms with Crippen LogP contribution in [0.4, 0.5) is 10.1 Å². The van der Waals surface area contributed by atoms with Gasteiger partial charge in [0.2, 0.25) is 11.8 Å². The lowest BCUT2D eigenvalue weighted by Gasteiger charge is -2.32. The van der Waals surface area contributed by atoms with Gasteiger partial charge in [0.25, 0.3) is 0 Å². The summed E-state index contributed by atoms with van der Waals surface area (Å²) < 4.78 is 22.1. The highest BCUT2D eigenvalue weighted by molar-refractivity contribution is 5.89. The zero-order chi connectivity index (χ0) is 28.1. The Balaban J connectivity index is 1.52. The van der Waals surface area contributed by atoms with Crippen LogP contribution in [0.2, 0.25) is 0 Å². The Labute approximate surface area is 232 Å². The van der Waals surface area contributed by atoms with E-state index in [9.17, 15) is 14.0 Å². The average molecular weight is 545 g/mol. The first kappa shape index (κ1) is 27.3. The summed E-state index contributed by atoms with van der Waals surface area (Å²) in [7, 11) is 3.86. The number of carbonyl (C=O) groups is 2. The second kappa shape index (κ2) is 12.3. The third kappa shape index (κ3) is 6.12. The normalized spacial score (nSPS) is 15.6. The predicted molar refractivity (Wildman–Crippen MR) is 150 cm³/mol. The van der Waals surface area contributed by atoms with Crippen molar-refractivity contribution in [3.05, 3.63) is 89.7 Å². The summed E-state index contributed by atoms with van der Waals surface area (Å²) in [6, 6.07) is 20.1. The topological polar surface area (TPSA) is 92.6 Å². The van der Waals surface area contributed by atoms with Crippen LogP contribution < -0.4 is 10.2 Å². The third-order valence-electron chi connectivity index (χ3n) is 7.14. The molecule has 0 radical (unpaired) electrons. The van der Waals surface area contributed by atoms with Crippen molar-refractivity contribution in [2.75, 3.05) is 32.1 Å². The van der Waals surface area contributed by atoms with E-state index in [1.54, 1.807) is 18.2 Å². The Morgan fingerprint density at radius 3 is 2.55 bits per heavy atom.